The lowest BCUT2D eigenvalue weighted by Crippen LogP contribution is -2.14. The average molecular weight is 342 g/mol. The van der Waals surface area contributed by atoms with E-state index in [1.54, 1.807) is 12.1 Å². The van der Waals surface area contributed by atoms with Crippen molar-refractivity contribution in [2.75, 3.05) is 26.4 Å². The van der Waals surface area contributed by atoms with Crippen LogP contribution in [-0.4, -0.2) is 38.6 Å². The van der Waals surface area contributed by atoms with E-state index >= 15 is 0 Å². The summed E-state index contributed by atoms with van der Waals surface area (Å²) in [6, 6.07) is 6.19. The lowest BCUT2D eigenvalue weighted by Gasteiger charge is -2.05. The van der Waals surface area contributed by atoms with E-state index < -0.39 is 12.1 Å². The first-order valence-electron chi connectivity index (χ1n) is 7.70. The summed E-state index contributed by atoms with van der Waals surface area (Å²) in [5.41, 5.74) is 0.208. The molecule has 0 unspecified atom stereocenters. The van der Waals surface area contributed by atoms with Gasteiger partial charge in [0.1, 0.15) is 12.4 Å². The number of hydrogen-bond acceptors (Lipinski definition) is 8. The smallest absolute Gasteiger partial charge is 0.494 e. The van der Waals surface area contributed by atoms with Gasteiger partial charge in [-0.1, -0.05) is 13.3 Å². The minimum atomic E-state index is -1.13. The molecule has 0 bridgehead atoms. The lowest BCUT2D eigenvalue weighted by atomic mass is 10.2. The summed E-state index contributed by atoms with van der Waals surface area (Å²) in [5.74, 6) is -0.204. The van der Waals surface area contributed by atoms with Crippen LogP contribution in [0, 0.1) is 0 Å². The largest absolute Gasteiger partial charge is 0.543 e. The molecule has 0 saturated carbocycles. The monoisotopic (exact) mass is 342 g/mol. The van der Waals surface area contributed by atoms with E-state index in [1.807, 2.05) is 13.8 Å². The average Bonchev–Trinajstić information content (AvgIpc) is 2.59. The molecule has 0 amide bonds. The summed E-state index contributed by atoms with van der Waals surface area (Å²) >= 11 is 0. The van der Waals surface area contributed by atoms with Crippen molar-refractivity contribution in [2.24, 2.45) is 0 Å². The van der Waals surface area contributed by atoms with Crippen LogP contribution in [0.25, 0.3) is 0 Å². The van der Waals surface area contributed by atoms with Crippen LogP contribution in [0.15, 0.2) is 24.3 Å². The Morgan fingerprint density at radius 1 is 0.958 bits per heavy atom. The van der Waals surface area contributed by atoms with Crippen molar-refractivity contribution in [3.8, 4) is 5.75 Å². The third kappa shape index (κ3) is 8.35. The molecule has 1 aromatic carbocycles. The van der Waals surface area contributed by atoms with Gasteiger partial charge in [-0.15, -0.1) is 0 Å². The van der Waals surface area contributed by atoms with E-state index in [0.29, 0.717) is 19.0 Å². The van der Waals surface area contributed by atoms with E-state index in [-0.39, 0.29) is 18.8 Å². The predicted molar refractivity (Wildman–Crippen MR) is 82.3 cm³/mol. The van der Waals surface area contributed by atoms with Gasteiger partial charge in [0.15, 0.2) is 0 Å². The second kappa shape index (κ2) is 12.1. The van der Waals surface area contributed by atoms with E-state index in [1.165, 1.54) is 12.1 Å². The molecular formula is C16H22O8. The first-order valence-corrected chi connectivity index (χ1v) is 7.70. The Kier molecular flexibility index (Phi) is 9.98. The highest BCUT2D eigenvalue weighted by Crippen LogP contribution is 2.13. The molecule has 1 aromatic rings. The van der Waals surface area contributed by atoms with Gasteiger partial charge in [0.25, 0.3) is 0 Å². The quantitative estimate of drug-likeness (QED) is 0.262. The summed E-state index contributed by atoms with van der Waals surface area (Å²) in [5, 5.41) is 4.09. The van der Waals surface area contributed by atoms with Gasteiger partial charge in [0.05, 0.1) is 23.8 Å². The molecule has 24 heavy (non-hydrogen) atoms. The maximum absolute atomic E-state index is 11.6. The Hall–Kier alpha value is -2.32. The molecule has 0 spiro atoms. The van der Waals surface area contributed by atoms with Crippen molar-refractivity contribution < 1.29 is 38.6 Å². The molecule has 8 heteroatoms. The normalized spacial score (nSPS) is 10.1. The Balaban J connectivity index is 2.14. The third-order valence-electron chi connectivity index (χ3n) is 2.70. The highest BCUT2D eigenvalue weighted by atomic mass is 17.5. The number of hydrogen-bond donors (Lipinski definition) is 0. The van der Waals surface area contributed by atoms with Gasteiger partial charge in [0.2, 0.25) is 0 Å². The van der Waals surface area contributed by atoms with Gasteiger partial charge in [0, 0.05) is 6.61 Å². The zero-order valence-corrected chi connectivity index (χ0v) is 13.8. The summed E-state index contributed by atoms with van der Waals surface area (Å²) in [6.07, 6.45) is 0.833. The van der Waals surface area contributed by atoms with E-state index in [4.69, 9.17) is 9.47 Å². The molecule has 0 N–H and O–H groups in total. The maximum atomic E-state index is 11.6. The van der Waals surface area contributed by atoms with Crippen LogP contribution in [0.5, 0.6) is 5.75 Å². The molecule has 0 saturated heterocycles. The van der Waals surface area contributed by atoms with Gasteiger partial charge >= 0.3 is 12.1 Å². The molecule has 134 valence electrons. The Bertz CT molecular complexity index is 485. The lowest BCUT2D eigenvalue weighted by molar-refractivity contribution is -0.452. The molecule has 0 atom stereocenters. The first kappa shape index (κ1) is 19.7. The fraction of sp³-hybridized carbons (Fsp3) is 0.500. The van der Waals surface area contributed by atoms with E-state index in [9.17, 15) is 9.59 Å². The standard InChI is InChI=1S/C16H22O8/c1-3-5-10-19-11-12-21-16(18)23-24-22-15(17)13-6-8-14(9-7-13)20-4-2/h6-9H,3-5,10-12H2,1-2H3. The molecule has 0 fully saturated rings. The SMILES string of the molecule is CCCCOCCOC(=O)OOOC(=O)c1ccc(OCC)cc1. The van der Waals surface area contributed by atoms with Crippen LogP contribution in [0.3, 0.4) is 0 Å². The van der Waals surface area contributed by atoms with Gasteiger partial charge in [-0.3, -0.25) is 4.89 Å². The number of unbranched alkanes of at least 4 members (excludes halogenated alkanes) is 1. The van der Waals surface area contributed by atoms with Crippen molar-refractivity contribution in [3.63, 3.8) is 0 Å². The minimum Gasteiger partial charge on any atom is -0.494 e. The van der Waals surface area contributed by atoms with Crippen molar-refractivity contribution in [1.29, 1.82) is 0 Å². The summed E-state index contributed by atoms with van der Waals surface area (Å²) in [7, 11) is 0. The van der Waals surface area contributed by atoms with Crippen LogP contribution in [0.1, 0.15) is 37.0 Å². The summed E-state index contributed by atoms with van der Waals surface area (Å²) < 4.78 is 15.1. The molecule has 0 radical (unpaired) electrons. The van der Waals surface area contributed by atoms with E-state index in [0.717, 1.165) is 12.8 Å². The molecule has 1 rings (SSSR count). The second-order valence-electron chi connectivity index (χ2n) is 4.54. The molecule has 0 aliphatic heterocycles. The third-order valence-corrected chi connectivity index (χ3v) is 2.70. The fourth-order valence-corrected chi connectivity index (χ4v) is 1.53. The molecule has 0 aliphatic carbocycles. The van der Waals surface area contributed by atoms with Crippen molar-refractivity contribution in [2.45, 2.75) is 26.7 Å². The number of carbonyl (C=O) groups excluding carboxylic acids is 2. The summed E-state index contributed by atoms with van der Waals surface area (Å²) in [4.78, 5) is 31.2. The Morgan fingerprint density at radius 3 is 2.38 bits per heavy atom. The first-order chi connectivity index (χ1) is 11.7. The molecule has 0 aromatic heterocycles. The van der Waals surface area contributed by atoms with Crippen LogP contribution in [0.4, 0.5) is 4.79 Å². The minimum absolute atomic E-state index is 0.0126. The number of benzene rings is 1. The van der Waals surface area contributed by atoms with Crippen molar-refractivity contribution in [3.05, 3.63) is 29.8 Å². The number of carbonyl (C=O) groups is 2. The summed E-state index contributed by atoms with van der Waals surface area (Å²) in [6.45, 7) is 5.28. The number of rotatable bonds is 11. The Morgan fingerprint density at radius 2 is 1.71 bits per heavy atom. The van der Waals surface area contributed by atoms with Crippen LogP contribution >= 0.6 is 0 Å². The van der Waals surface area contributed by atoms with Gasteiger partial charge in [-0.25, -0.2) is 14.5 Å². The van der Waals surface area contributed by atoms with Gasteiger partial charge < -0.3 is 14.2 Å². The molecule has 0 aliphatic rings. The topological polar surface area (TPSA) is 89.5 Å². The van der Waals surface area contributed by atoms with Crippen LogP contribution < -0.4 is 4.74 Å². The van der Waals surface area contributed by atoms with Crippen LogP contribution in [0.2, 0.25) is 0 Å². The highest BCUT2D eigenvalue weighted by molar-refractivity contribution is 5.89. The zero-order chi connectivity index (χ0) is 17.6. The maximum Gasteiger partial charge on any atom is 0.543 e. The van der Waals surface area contributed by atoms with Crippen molar-refractivity contribution >= 4 is 12.1 Å². The van der Waals surface area contributed by atoms with Gasteiger partial charge in [-0.05, 0) is 37.6 Å². The zero-order valence-electron chi connectivity index (χ0n) is 13.8. The fourth-order valence-electron chi connectivity index (χ4n) is 1.53. The second-order valence-corrected chi connectivity index (χ2v) is 4.54. The molecule has 8 nitrogen and oxygen atoms in total. The van der Waals surface area contributed by atoms with Crippen molar-refractivity contribution in [1.82, 2.24) is 0 Å². The van der Waals surface area contributed by atoms with E-state index in [2.05, 4.69) is 19.6 Å². The molecular weight excluding hydrogens is 320 g/mol. The number of ether oxygens (including phenoxy) is 3. The van der Waals surface area contributed by atoms with Crippen LogP contribution in [-0.2, 0) is 24.3 Å². The molecule has 0 heterocycles. The Labute approximate surface area is 140 Å². The predicted octanol–water partition coefficient (Wildman–Crippen LogP) is 3.06. The van der Waals surface area contributed by atoms with Gasteiger partial charge in [-0.2, -0.15) is 0 Å². The highest BCUT2D eigenvalue weighted by Gasteiger charge is 2.12.